The van der Waals surface area contributed by atoms with Crippen molar-refractivity contribution in [2.45, 2.75) is 13.3 Å². The highest BCUT2D eigenvalue weighted by atomic mass is 35.5. The Morgan fingerprint density at radius 2 is 2.29 bits per heavy atom. The third-order valence-electron chi connectivity index (χ3n) is 1.91. The molecular formula is C10H12ClNO2. The van der Waals surface area contributed by atoms with Gasteiger partial charge in [-0.3, -0.25) is 4.79 Å². The molecule has 14 heavy (non-hydrogen) atoms. The summed E-state index contributed by atoms with van der Waals surface area (Å²) in [6, 6.07) is 5.60. The lowest BCUT2D eigenvalue weighted by Crippen LogP contribution is -2.03. The van der Waals surface area contributed by atoms with Gasteiger partial charge in [-0.1, -0.05) is 13.0 Å². The van der Waals surface area contributed by atoms with Gasteiger partial charge in [-0.2, -0.15) is 0 Å². The fourth-order valence-corrected chi connectivity index (χ4v) is 1.28. The van der Waals surface area contributed by atoms with Crippen LogP contribution in [0.3, 0.4) is 0 Å². The van der Waals surface area contributed by atoms with Gasteiger partial charge in [0, 0.05) is 0 Å². The van der Waals surface area contributed by atoms with Crippen molar-refractivity contribution in [3.8, 4) is 5.75 Å². The number of hydrogen-bond donors (Lipinski definition) is 1. The summed E-state index contributed by atoms with van der Waals surface area (Å²) in [6.07, 6.45) is 0.898. The van der Waals surface area contributed by atoms with Crippen molar-refractivity contribution >= 4 is 22.7 Å². The molecule has 0 unspecified atom stereocenters. The second kappa shape index (κ2) is 4.86. The van der Waals surface area contributed by atoms with Crippen molar-refractivity contribution in [1.29, 1.82) is 0 Å². The first kappa shape index (κ1) is 10.9. The first-order valence-electron chi connectivity index (χ1n) is 4.30. The van der Waals surface area contributed by atoms with E-state index in [4.69, 9.17) is 16.3 Å². The molecule has 1 amide bonds. The summed E-state index contributed by atoms with van der Waals surface area (Å²) in [7, 11) is 1.55. The van der Waals surface area contributed by atoms with E-state index < -0.39 is 5.37 Å². The van der Waals surface area contributed by atoms with Crippen LogP contribution in [0.25, 0.3) is 0 Å². The maximum atomic E-state index is 10.7. The van der Waals surface area contributed by atoms with Crippen LogP contribution in [0.15, 0.2) is 18.2 Å². The molecule has 0 saturated heterocycles. The van der Waals surface area contributed by atoms with Gasteiger partial charge < -0.3 is 10.1 Å². The first-order chi connectivity index (χ1) is 6.67. The normalized spacial score (nSPS) is 9.64. The number of rotatable bonds is 3. The predicted molar refractivity (Wildman–Crippen MR) is 57.2 cm³/mol. The van der Waals surface area contributed by atoms with Crippen LogP contribution in [0.1, 0.15) is 12.5 Å². The molecule has 0 saturated carbocycles. The Balaban J connectivity index is 3.01. The standard InChI is InChI=1S/C10H12ClNO2/c1-3-7-4-5-9(14-2)8(6-7)12-10(11)13/h4-6H,3H2,1-2H3,(H,12,13). The van der Waals surface area contributed by atoms with Gasteiger partial charge in [0.05, 0.1) is 12.8 Å². The number of methoxy groups -OCH3 is 1. The second-order valence-electron chi connectivity index (χ2n) is 2.79. The Kier molecular flexibility index (Phi) is 3.77. The molecule has 1 aromatic rings. The fourth-order valence-electron chi connectivity index (χ4n) is 1.18. The van der Waals surface area contributed by atoms with E-state index in [2.05, 4.69) is 5.32 Å². The molecule has 0 aliphatic rings. The van der Waals surface area contributed by atoms with Crippen molar-refractivity contribution < 1.29 is 9.53 Å². The zero-order valence-electron chi connectivity index (χ0n) is 8.13. The van der Waals surface area contributed by atoms with Crippen molar-refractivity contribution in [3.63, 3.8) is 0 Å². The second-order valence-corrected chi connectivity index (χ2v) is 3.13. The molecule has 0 bridgehead atoms. The molecule has 1 rings (SSSR count). The Morgan fingerprint density at radius 3 is 2.79 bits per heavy atom. The van der Waals surface area contributed by atoms with Gasteiger partial charge in [0.15, 0.2) is 0 Å². The Morgan fingerprint density at radius 1 is 1.57 bits per heavy atom. The molecule has 1 N–H and O–H groups in total. The number of carbonyl (C=O) groups excluding carboxylic acids is 1. The minimum Gasteiger partial charge on any atom is -0.495 e. The van der Waals surface area contributed by atoms with E-state index in [1.165, 1.54) is 0 Å². The molecule has 0 spiro atoms. The topological polar surface area (TPSA) is 38.3 Å². The number of carbonyl (C=O) groups is 1. The molecule has 4 heteroatoms. The monoisotopic (exact) mass is 213 g/mol. The van der Waals surface area contributed by atoms with Crippen LogP contribution in [0.2, 0.25) is 0 Å². The lowest BCUT2D eigenvalue weighted by molar-refractivity contribution is 0.269. The molecular weight excluding hydrogens is 202 g/mol. The van der Waals surface area contributed by atoms with E-state index in [0.717, 1.165) is 12.0 Å². The molecule has 0 heterocycles. The highest BCUT2D eigenvalue weighted by Crippen LogP contribution is 2.25. The lowest BCUT2D eigenvalue weighted by atomic mass is 10.1. The molecule has 76 valence electrons. The number of anilines is 1. The van der Waals surface area contributed by atoms with Gasteiger partial charge in [-0.25, -0.2) is 0 Å². The average molecular weight is 214 g/mol. The number of aryl methyl sites for hydroxylation is 1. The number of amides is 1. The van der Waals surface area contributed by atoms with Crippen LogP contribution in [-0.2, 0) is 6.42 Å². The van der Waals surface area contributed by atoms with E-state index >= 15 is 0 Å². The molecule has 0 atom stereocenters. The molecule has 3 nitrogen and oxygen atoms in total. The Labute approximate surface area is 88.0 Å². The van der Waals surface area contributed by atoms with Crippen LogP contribution in [0.5, 0.6) is 5.75 Å². The summed E-state index contributed by atoms with van der Waals surface area (Å²) < 4.78 is 5.07. The Bertz CT molecular complexity index is 339. The van der Waals surface area contributed by atoms with Crippen LogP contribution >= 0.6 is 11.6 Å². The maximum Gasteiger partial charge on any atom is 0.318 e. The summed E-state index contributed by atoms with van der Waals surface area (Å²) in [6.45, 7) is 2.04. The summed E-state index contributed by atoms with van der Waals surface area (Å²) in [5.74, 6) is 0.608. The minimum atomic E-state index is -0.614. The summed E-state index contributed by atoms with van der Waals surface area (Å²) >= 11 is 5.23. The SMILES string of the molecule is CCc1ccc(OC)c(NC(=O)Cl)c1. The van der Waals surface area contributed by atoms with Crippen molar-refractivity contribution in [1.82, 2.24) is 0 Å². The Hall–Kier alpha value is -1.22. The fraction of sp³-hybridized carbons (Fsp3) is 0.300. The first-order valence-corrected chi connectivity index (χ1v) is 4.68. The summed E-state index contributed by atoms with van der Waals surface area (Å²) in [4.78, 5) is 10.7. The molecule has 0 fully saturated rings. The maximum absolute atomic E-state index is 10.7. The lowest BCUT2D eigenvalue weighted by Gasteiger charge is -2.09. The smallest absolute Gasteiger partial charge is 0.318 e. The van der Waals surface area contributed by atoms with Gasteiger partial charge in [0.1, 0.15) is 5.75 Å². The molecule has 0 aliphatic carbocycles. The molecule has 0 radical (unpaired) electrons. The van der Waals surface area contributed by atoms with Gasteiger partial charge in [-0.05, 0) is 35.7 Å². The largest absolute Gasteiger partial charge is 0.495 e. The van der Waals surface area contributed by atoms with Gasteiger partial charge in [-0.15, -0.1) is 0 Å². The van der Waals surface area contributed by atoms with Crippen molar-refractivity contribution in [3.05, 3.63) is 23.8 Å². The minimum absolute atomic E-state index is 0.604. The highest BCUT2D eigenvalue weighted by molar-refractivity contribution is 6.65. The van der Waals surface area contributed by atoms with Crippen LogP contribution in [0, 0.1) is 0 Å². The van der Waals surface area contributed by atoms with Crippen LogP contribution < -0.4 is 10.1 Å². The molecule has 0 aromatic heterocycles. The number of hydrogen-bond acceptors (Lipinski definition) is 2. The number of ether oxygens (including phenoxy) is 1. The number of nitrogens with one attached hydrogen (secondary N) is 1. The van der Waals surface area contributed by atoms with E-state index in [1.54, 1.807) is 13.2 Å². The quantitative estimate of drug-likeness (QED) is 0.619. The molecule has 1 aromatic carbocycles. The number of benzene rings is 1. The van der Waals surface area contributed by atoms with Gasteiger partial charge in [0.2, 0.25) is 0 Å². The van der Waals surface area contributed by atoms with E-state index in [9.17, 15) is 4.79 Å². The van der Waals surface area contributed by atoms with E-state index in [1.807, 2.05) is 19.1 Å². The van der Waals surface area contributed by atoms with Gasteiger partial charge in [0.25, 0.3) is 0 Å². The van der Waals surface area contributed by atoms with Crippen molar-refractivity contribution in [2.75, 3.05) is 12.4 Å². The van der Waals surface area contributed by atoms with Crippen molar-refractivity contribution in [2.24, 2.45) is 0 Å². The van der Waals surface area contributed by atoms with Gasteiger partial charge >= 0.3 is 5.37 Å². The zero-order valence-corrected chi connectivity index (χ0v) is 8.89. The van der Waals surface area contributed by atoms with E-state index in [-0.39, 0.29) is 0 Å². The van der Waals surface area contributed by atoms with E-state index in [0.29, 0.717) is 11.4 Å². The number of halogens is 1. The zero-order chi connectivity index (χ0) is 10.6. The summed E-state index contributed by atoms with van der Waals surface area (Å²) in [5.41, 5.74) is 1.72. The van der Waals surface area contributed by atoms with Crippen LogP contribution in [-0.4, -0.2) is 12.5 Å². The summed E-state index contributed by atoms with van der Waals surface area (Å²) in [5, 5.41) is 1.89. The average Bonchev–Trinajstić information content (AvgIpc) is 2.16. The molecule has 0 aliphatic heterocycles. The third-order valence-corrected chi connectivity index (χ3v) is 2.00. The highest BCUT2D eigenvalue weighted by Gasteiger charge is 2.05. The predicted octanol–water partition coefficient (Wildman–Crippen LogP) is 3.03. The van der Waals surface area contributed by atoms with Crippen LogP contribution in [0.4, 0.5) is 10.5 Å². The third kappa shape index (κ3) is 2.64.